The number of furan rings is 1. The smallest absolute Gasteiger partial charge is 0.407 e. The van der Waals surface area contributed by atoms with Gasteiger partial charge in [0, 0.05) is 25.0 Å². The Labute approximate surface area is 162 Å². The molecule has 12 heteroatoms. The van der Waals surface area contributed by atoms with Gasteiger partial charge in [0.05, 0.1) is 12.1 Å². The van der Waals surface area contributed by atoms with Crippen molar-refractivity contribution in [3.63, 3.8) is 0 Å². The lowest BCUT2D eigenvalue weighted by molar-refractivity contribution is 0.153. The zero-order valence-corrected chi connectivity index (χ0v) is 15.7. The van der Waals surface area contributed by atoms with E-state index in [0.29, 0.717) is 8.87 Å². The zero-order valence-electron chi connectivity index (χ0n) is 14.8. The van der Waals surface area contributed by atoms with Crippen LogP contribution in [0.5, 0.6) is 0 Å². The van der Waals surface area contributed by atoms with Crippen LogP contribution in [0.1, 0.15) is 11.3 Å². The Kier molecular flexibility index (Phi) is 5.38. The average Bonchev–Trinajstić information content (AvgIpc) is 3.28. The number of aromatic nitrogens is 2. The molecule has 0 aliphatic carbocycles. The molecule has 3 aromatic rings. The van der Waals surface area contributed by atoms with E-state index < -0.39 is 57.5 Å². The molecule has 0 radical (unpaired) electrons. The summed E-state index contributed by atoms with van der Waals surface area (Å²) in [5.74, 6) is -2.55. The van der Waals surface area contributed by atoms with E-state index in [1.165, 1.54) is 6.07 Å². The standard InChI is InChI=1S/C17H14F3N3O5S/c1-22(17(24)25)8-10-9-23(29(26,27)13-5-4-11(7-18)28-13)15(14(10)19)12-3-2-6-21-16(12)20/h2-6,9H,7-8H2,1H3,(H,24,25). The second-order valence-corrected chi connectivity index (χ2v) is 7.70. The summed E-state index contributed by atoms with van der Waals surface area (Å²) in [7, 11) is -3.45. The van der Waals surface area contributed by atoms with Gasteiger partial charge >= 0.3 is 16.1 Å². The molecule has 1 amide bonds. The molecule has 0 aliphatic heterocycles. The van der Waals surface area contributed by atoms with Crippen molar-refractivity contribution in [3.8, 4) is 11.3 Å². The summed E-state index contributed by atoms with van der Waals surface area (Å²) in [6, 6.07) is 4.47. The highest BCUT2D eigenvalue weighted by Gasteiger charge is 2.31. The summed E-state index contributed by atoms with van der Waals surface area (Å²) in [6.07, 6.45) is 0.536. The lowest BCUT2D eigenvalue weighted by Crippen LogP contribution is -2.24. The number of halogens is 3. The number of carbonyl (C=O) groups is 1. The third kappa shape index (κ3) is 3.70. The molecular weight excluding hydrogens is 415 g/mol. The van der Waals surface area contributed by atoms with Crippen molar-refractivity contribution >= 4 is 16.1 Å². The number of rotatable bonds is 6. The molecule has 3 rings (SSSR count). The minimum absolute atomic E-state index is 0.267. The molecule has 0 fully saturated rings. The van der Waals surface area contributed by atoms with Crippen molar-refractivity contribution in [2.24, 2.45) is 0 Å². The van der Waals surface area contributed by atoms with Gasteiger partial charge in [-0.2, -0.15) is 12.8 Å². The summed E-state index contributed by atoms with van der Waals surface area (Å²) in [4.78, 5) is 15.1. The lowest BCUT2D eigenvalue weighted by atomic mass is 10.2. The third-order valence-corrected chi connectivity index (χ3v) is 5.55. The molecule has 0 unspecified atom stereocenters. The maximum Gasteiger partial charge on any atom is 0.407 e. The normalized spacial score (nSPS) is 11.6. The number of alkyl halides is 1. The molecule has 3 heterocycles. The van der Waals surface area contributed by atoms with Crippen LogP contribution >= 0.6 is 0 Å². The van der Waals surface area contributed by atoms with Crippen molar-refractivity contribution in [1.82, 2.24) is 13.9 Å². The van der Waals surface area contributed by atoms with Crippen LogP contribution in [0.3, 0.4) is 0 Å². The third-order valence-electron chi connectivity index (χ3n) is 4.01. The predicted molar refractivity (Wildman–Crippen MR) is 93.2 cm³/mol. The van der Waals surface area contributed by atoms with E-state index in [4.69, 9.17) is 9.52 Å². The van der Waals surface area contributed by atoms with Gasteiger partial charge in [-0.05, 0) is 24.3 Å². The number of nitrogens with zero attached hydrogens (tertiary/aromatic N) is 3. The van der Waals surface area contributed by atoms with Gasteiger partial charge in [-0.15, -0.1) is 0 Å². The fourth-order valence-corrected chi connectivity index (χ4v) is 3.93. The Morgan fingerprint density at radius 1 is 1.31 bits per heavy atom. The SMILES string of the molecule is CN(Cc1cn(S(=O)(=O)c2ccc(CF)o2)c(-c2cccnc2F)c1F)C(=O)O. The van der Waals surface area contributed by atoms with E-state index in [-0.39, 0.29) is 11.3 Å². The molecule has 154 valence electrons. The number of hydrogen-bond acceptors (Lipinski definition) is 5. The highest BCUT2D eigenvalue weighted by Crippen LogP contribution is 2.32. The van der Waals surface area contributed by atoms with Crippen molar-refractivity contribution in [2.45, 2.75) is 18.3 Å². The molecule has 8 nitrogen and oxygen atoms in total. The van der Waals surface area contributed by atoms with Crippen LogP contribution in [0.2, 0.25) is 0 Å². The summed E-state index contributed by atoms with van der Waals surface area (Å²) >= 11 is 0. The summed E-state index contributed by atoms with van der Waals surface area (Å²) in [5.41, 5.74) is -1.48. The van der Waals surface area contributed by atoms with Crippen molar-refractivity contribution < 1.29 is 35.9 Å². The van der Waals surface area contributed by atoms with Crippen LogP contribution in [-0.4, -0.2) is 40.5 Å². The van der Waals surface area contributed by atoms with Gasteiger partial charge < -0.3 is 14.4 Å². The summed E-state index contributed by atoms with van der Waals surface area (Å²) < 4.78 is 73.3. The molecule has 0 saturated carbocycles. The Morgan fingerprint density at radius 2 is 2.03 bits per heavy atom. The monoisotopic (exact) mass is 429 g/mol. The van der Waals surface area contributed by atoms with Crippen LogP contribution in [0.15, 0.2) is 46.2 Å². The highest BCUT2D eigenvalue weighted by molar-refractivity contribution is 7.89. The Hall–Kier alpha value is -3.28. The molecule has 0 spiro atoms. The highest BCUT2D eigenvalue weighted by atomic mass is 32.2. The van der Waals surface area contributed by atoms with Crippen molar-refractivity contribution in [2.75, 3.05) is 7.05 Å². The van der Waals surface area contributed by atoms with Crippen LogP contribution < -0.4 is 0 Å². The van der Waals surface area contributed by atoms with Crippen LogP contribution in [0.4, 0.5) is 18.0 Å². The van der Waals surface area contributed by atoms with Crippen molar-refractivity contribution in [1.29, 1.82) is 0 Å². The Balaban J connectivity index is 2.24. The molecule has 0 aromatic carbocycles. The number of amides is 1. The fraction of sp³-hybridized carbons (Fsp3) is 0.176. The van der Waals surface area contributed by atoms with Gasteiger partial charge in [0.25, 0.3) is 0 Å². The number of pyridine rings is 1. The first-order valence-electron chi connectivity index (χ1n) is 8.01. The molecule has 0 bridgehead atoms. The van der Waals surface area contributed by atoms with Crippen molar-refractivity contribution in [3.05, 3.63) is 59.7 Å². The largest absolute Gasteiger partial charge is 0.465 e. The van der Waals surface area contributed by atoms with E-state index in [0.717, 1.165) is 37.6 Å². The second kappa shape index (κ2) is 7.62. The summed E-state index contributed by atoms with van der Waals surface area (Å²) in [6.45, 7) is -1.57. The van der Waals surface area contributed by atoms with Gasteiger partial charge in [0.15, 0.2) is 5.82 Å². The molecule has 1 N–H and O–H groups in total. The predicted octanol–water partition coefficient (Wildman–Crippen LogP) is 3.24. The van der Waals surface area contributed by atoms with Gasteiger partial charge in [-0.3, -0.25) is 0 Å². The van der Waals surface area contributed by atoms with Gasteiger partial charge in [-0.1, -0.05) is 0 Å². The number of hydrogen-bond donors (Lipinski definition) is 1. The van der Waals surface area contributed by atoms with E-state index in [9.17, 15) is 22.0 Å². The van der Waals surface area contributed by atoms with Crippen LogP contribution in [-0.2, 0) is 23.2 Å². The topological polar surface area (TPSA) is 106 Å². The Morgan fingerprint density at radius 3 is 2.62 bits per heavy atom. The molecular formula is C17H14F3N3O5S. The quantitative estimate of drug-likeness (QED) is 0.603. The molecule has 0 saturated heterocycles. The maximum atomic E-state index is 15.1. The van der Waals surface area contributed by atoms with Crippen LogP contribution in [0.25, 0.3) is 11.3 Å². The first-order valence-corrected chi connectivity index (χ1v) is 9.45. The fourth-order valence-electron chi connectivity index (χ4n) is 2.60. The van der Waals surface area contributed by atoms with E-state index in [1.54, 1.807) is 0 Å². The van der Waals surface area contributed by atoms with E-state index in [2.05, 4.69) is 4.98 Å². The van der Waals surface area contributed by atoms with E-state index in [1.807, 2.05) is 0 Å². The first kappa shape index (κ1) is 20.5. The lowest BCUT2D eigenvalue weighted by Gasteiger charge is -2.11. The molecule has 0 atom stereocenters. The van der Waals surface area contributed by atoms with Gasteiger partial charge in [0.1, 0.15) is 18.1 Å². The minimum atomic E-state index is -4.60. The second-order valence-electron chi connectivity index (χ2n) is 5.95. The van der Waals surface area contributed by atoms with Crippen LogP contribution in [0, 0.1) is 11.8 Å². The maximum absolute atomic E-state index is 15.1. The molecule has 0 aliphatic rings. The number of carboxylic acid groups (broad SMARTS) is 1. The molecule has 29 heavy (non-hydrogen) atoms. The average molecular weight is 429 g/mol. The first-order chi connectivity index (χ1) is 13.7. The van der Waals surface area contributed by atoms with Gasteiger partial charge in [0.2, 0.25) is 11.0 Å². The minimum Gasteiger partial charge on any atom is -0.465 e. The van der Waals surface area contributed by atoms with Gasteiger partial charge in [-0.25, -0.2) is 22.5 Å². The van der Waals surface area contributed by atoms with E-state index >= 15 is 4.39 Å². The summed E-state index contributed by atoms with van der Waals surface area (Å²) in [5, 5.41) is 8.31. The zero-order chi connectivity index (χ0) is 21.3. The molecule has 3 aromatic heterocycles. The Bertz CT molecular complexity index is 1170.